The molecule has 0 radical (unpaired) electrons. The molecule has 38 heavy (non-hydrogen) atoms. The molecule has 0 saturated heterocycles. The second-order valence-electron chi connectivity index (χ2n) is 9.01. The van der Waals surface area contributed by atoms with E-state index in [0.29, 0.717) is 33.4 Å². The highest BCUT2D eigenvalue weighted by molar-refractivity contribution is 7.27. The third-order valence-corrected chi connectivity index (χ3v) is 6.66. The number of rotatable bonds is 7. The Bertz CT molecular complexity index is 1570. The molecule has 5 aromatic rings. The largest absolute Gasteiger partial charge is 0.506 e. The smallest absolute Gasteiger partial charge is 0.416 e. The van der Waals surface area contributed by atoms with E-state index >= 15 is 0 Å². The van der Waals surface area contributed by atoms with E-state index in [1.54, 1.807) is 18.2 Å². The average Bonchev–Trinajstić information content (AvgIpc) is 3.29. The molecule has 3 N–H and O–H groups in total. The van der Waals surface area contributed by atoms with Crippen molar-refractivity contribution < 1.29 is 22.7 Å². The van der Waals surface area contributed by atoms with Crippen LogP contribution in [0.3, 0.4) is 0 Å². The molecule has 0 amide bonds. The molecule has 0 saturated carbocycles. The first-order valence-corrected chi connectivity index (χ1v) is 12.3. The van der Waals surface area contributed by atoms with Crippen LogP contribution in [0.25, 0.3) is 11.0 Å². The van der Waals surface area contributed by atoms with Gasteiger partial charge in [0.1, 0.15) is 17.4 Å². The van der Waals surface area contributed by atoms with E-state index in [1.807, 2.05) is 30.3 Å². The lowest BCUT2D eigenvalue weighted by atomic mass is 9.79. The summed E-state index contributed by atoms with van der Waals surface area (Å²) in [6.07, 6.45) is -3.06. The predicted octanol–water partition coefficient (Wildman–Crippen LogP) is 5.60. The lowest BCUT2D eigenvalue weighted by molar-refractivity contribution is -0.137. The van der Waals surface area contributed by atoms with Gasteiger partial charge in [-0.15, -0.1) is 9.24 Å². The number of hydrogen-bond donors (Lipinski definition) is 3. The van der Waals surface area contributed by atoms with Crippen LogP contribution in [0.1, 0.15) is 28.2 Å². The first-order chi connectivity index (χ1) is 18.1. The minimum atomic E-state index is -4.56. The number of H-pyrrole nitrogens is 1. The maximum absolute atomic E-state index is 13.9. The van der Waals surface area contributed by atoms with E-state index in [4.69, 9.17) is 0 Å². The molecule has 2 unspecified atom stereocenters. The highest BCUT2D eigenvalue weighted by Crippen LogP contribution is 2.37. The number of aromatic hydroxyl groups is 1. The van der Waals surface area contributed by atoms with Crippen molar-refractivity contribution in [2.24, 2.45) is 0 Å². The number of nitrogens with zero attached hydrogens (tertiary/aromatic N) is 2. The van der Waals surface area contributed by atoms with Crippen LogP contribution in [0, 0.1) is 5.82 Å². The summed E-state index contributed by atoms with van der Waals surface area (Å²) in [5.41, 5.74) is 0.606. The second-order valence-corrected chi connectivity index (χ2v) is 9.68. The predicted molar refractivity (Wildman–Crippen MR) is 141 cm³/mol. The van der Waals surface area contributed by atoms with Gasteiger partial charge in [-0.2, -0.15) is 13.2 Å². The van der Waals surface area contributed by atoms with Crippen LogP contribution in [0.5, 0.6) is 5.75 Å². The minimum Gasteiger partial charge on any atom is -0.506 e. The number of imidazole rings is 1. The van der Waals surface area contributed by atoms with E-state index in [2.05, 4.69) is 29.5 Å². The van der Waals surface area contributed by atoms with Gasteiger partial charge in [0.05, 0.1) is 40.6 Å². The summed E-state index contributed by atoms with van der Waals surface area (Å²) in [5.74, 6) is -0.0124. The zero-order valence-electron chi connectivity index (χ0n) is 19.9. The minimum absolute atomic E-state index is 0.0718. The van der Waals surface area contributed by atoms with Crippen molar-refractivity contribution in [2.75, 3.05) is 0 Å². The molecule has 10 heteroatoms. The summed E-state index contributed by atoms with van der Waals surface area (Å²) in [7, 11) is 2.34. The highest BCUT2D eigenvalue weighted by atomic mass is 31.0. The first-order valence-electron chi connectivity index (χ1n) is 11.7. The van der Waals surface area contributed by atoms with Gasteiger partial charge < -0.3 is 10.1 Å². The Morgan fingerprint density at radius 1 is 0.921 bits per heavy atom. The van der Waals surface area contributed by atoms with Crippen molar-refractivity contribution >= 4 is 25.6 Å². The first kappa shape index (κ1) is 25.8. The number of pyridine rings is 1. The number of hydrogen-bond acceptors (Lipinski definition) is 4. The summed E-state index contributed by atoms with van der Waals surface area (Å²) < 4.78 is 55.4. The van der Waals surface area contributed by atoms with Crippen molar-refractivity contribution in [1.29, 1.82) is 0 Å². The molecule has 5 rings (SSSR count). The lowest BCUT2D eigenvalue weighted by Gasteiger charge is -2.36. The Balaban J connectivity index is 1.68. The molecule has 0 aliphatic heterocycles. The molecule has 0 bridgehead atoms. The maximum Gasteiger partial charge on any atom is 0.416 e. The van der Waals surface area contributed by atoms with Crippen LogP contribution in [-0.2, 0) is 24.7 Å². The molecule has 2 atom stereocenters. The second kappa shape index (κ2) is 10.2. The van der Waals surface area contributed by atoms with Crippen LogP contribution in [-0.4, -0.2) is 20.1 Å². The quantitative estimate of drug-likeness (QED) is 0.186. The number of aromatic amines is 1. The Labute approximate surface area is 218 Å². The molecule has 3 aromatic carbocycles. The van der Waals surface area contributed by atoms with E-state index in [-0.39, 0.29) is 18.7 Å². The SMILES string of the molecule is Oc1ccc(C(Cc2ccccc2)(NCc2nc3ccc(F)cc3[nH]2)c2cc(P)cc(C(F)(F)F)c2)nc1. The lowest BCUT2D eigenvalue weighted by Crippen LogP contribution is -2.46. The summed E-state index contributed by atoms with van der Waals surface area (Å²) in [6.45, 7) is 0.105. The van der Waals surface area contributed by atoms with E-state index < -0.39 is 23.1 Å². The van der Waals surface area contributed by atoms with Gasteiger partial charge in [-0.05, 0) is 65.0 Å². The van der Waals surface area contributed by atoms with E-state index in [9.17, 15) is 22.7 Å². The third-order valence-electron chi connectivity index (χ3n) is 6.32. The molecule has 0 spiro atoms. The van der Waals surface area contributed by atoms with Crippen molar-refractivity contribution in [3.05, 3.63) is 119 Å². The zero-order chi connectivity index (χ0) is 26.9. The molecular formula is C28H23F4N4OP. The van der Waals surface area contributed by atoms with Crippen molar-refractivity contribution in [3.8, 4) is 5.75 Å². The van der Waals surface area contributed by atoms with Crippen LogP contribution in [0.2, 0.25) is 0 Å². The van der Waals surface area contributed by atoms with Crippen molar-refractivity contribution in [1.82, 2.24) is 20.3 Å². The third kappa shape index (κ3) is 5.39. The summed E-state index contributed by atoms with van der Waals surface area (Å²) in [6, 6.07) is 20.4. The van der Waals surface area contributed by atoms with Gasteiger partial charge in [0, 0.05) is 6.42 Å². The Kier molecular flexibility index (Phi) is 6.90. The summed E-state index contributed by atoms with van der Waals surface area (Å²) >= 11 is 0. The van der Waals surface area contributed by atoms with Gasteiger partial charge >= 0.3 is 6.18 Å². The molecule has 5 nitrogen and oxygen atoms in total. The topological polar surface area (TPSA) is 73.8 Å². The van der Waals surface area contributed by atoms with Crippen molar-refractivity contribution in [2.45, 2.75) is 24.7 Å². The van der Waals surface area contributed by atoms with Crippen LogP contribution in [0.15, 0.2) is 85.1 Å². The summed E-state index contributed by atoms with van der Waals surface area (Å²) in [4.78, 5) is 12.0. The molecule has 194 valence electrons. The number of alkyl halides is 3. The molecule has 2 heterocycles. The van der Waals surface area contributed by atoms with Gasteiger partial charge in [-0.25, -0.2) is 9.37 Å². The van der Waals surface area contributed by atoms with Crippen LogP contribution < -0.4 is 10.6 Å². The van der Waals surface area contributed by atoms with Gasteiger partial charge in [-0.3, -0.25) is 10.3 Å². The van der Waals surface area contributed by atoms with Crippen LogP contribution in [0.4, 0.5) is 17.6 Å². The number of fused-ring (bicyclic) bond motifs is 1. The van der Waals surface area contributed by atoms with E-state index in [0.717, 1.165) is 17.7 Å². The number of aromatic nitrogens is 3. The van der Waals surface area contributed by atoms with Gasteiger partial charge in [0.25, 0.3) is 0 Å². The Hall–Kier alpha value is -3.81. The Morgan fingerprint density at radius 2 is 1.68 bits per heavy atom. The molecule has 0 aliphatic carbocycles. The molecular weight excluding hydrogens is 515 g/mol. The van der Waals surface area contributed by atoms with E-state index in [1.165, 1.54) is 24.4 Å². The van der Waals surface area contributed by atoms with Crippen LogP contribution >= 0.6 is 9.24 Å². The normalized spacial score (nSPS) is 13.5. The average molecular weight is 538 g/mol. The standard InChI is InChI=1S/C28H23F4N4OP/c29-20-6-8-23-24(13-20)36-26(35-23)16-34-27(14-17-4-2-1-3-5-17,25-9-7-21(37)15-33-25)18-10-19(28(30,31)32)12-22(38)11-18/h1-13,15,34,37H,14,16,38H2,(H,35,36). The number of halogens is 4. The number of benzene rings is 3. The zero-order valence-corrected chi connectivity index (χ0v) is 21.1. The summed E-state index contributed by atoms with van der Waals surface area (Å²) in [5, 5.41) is 13.7. The fourth-order valence-corrected chi connectivity index (χ4v) is 4.91. The molecule has 2 aromatic heterocycles. The fraction of sp³-hybridized carbons (Fsp3) is 0.143. The van der Waals surface area contributed by atoms with Gasteiger partial charge in [-0.1, -0.05) is 30.3 Å². The fourth-order valence-electron chi connectivity index (χ4n) is 4.55. The monoisotopic (exact) mass is 538 g/mol. The number of nitrogens with one attached hydrogen (secondary N) is 2. The van der Waals surface area contributed by atoms with Gasteiger partial charge in [0.15, 0.2) is 0 Å². The molecule has 0 aliphatic rings. The Morgan fingerprint density at radius 3 is 2.39 bits per heavy atom. The maximum atomic E-state index is 13.9. The molecule has 0 fully saturated rings. The van der Waals surface area contributed by atoms with Gasteiger partial charge in [0.2, 0.25) is 0 Å². The highest BCUT2D eigenvalue weighted by Gasteiger charge is 2.39. The van der Waals surface area contributed by atoms with Crippen molar-refractivity contribution in [3.63, 3.8) is 0 Å².